The van der Waals surface area contributed by atoms with E-state index in [9.17, 15) is 13.6 Å². The number of alkyl halides is 3. The molecule has 2 aromatic rings. The van der Waals surface area contributed by atoms with Crippen LogP contribution < -0.4 is 5.56 Å². The van der Waals surface area contributed by atoms with E-state index in [1.54, 1.807) is 24.3 Å². The maximum atomic E-state index is 12.6. The predicted molar refractivity (Wildman–Crippen MR) is 70.9 cm³/mol. The van der Waals surface area contributed by atoms with Gasteiger partial charge in [-0.15, -0.1) is 11.6 Å². The Morgan fingerprint density at radius 3 is 2.68 bits per heavy atom. The van der Waals surface area contributed by atoms with Crippen molar-refractivity contribution in [1.29, 1.82) is 0 Å². The van der Waals surface area contributed by atoms with Gasteiger partial charge in [-0.05, 0) is 18.6 Å². The van der Waals surface area contributed by atoms with E-state index in [0.717, 1.165) is 4.57 Å². The zero-order valence-electron chi connectivity index (χ0n) is 10.3. The molecule has 0 saturated heterocycles. The summed E-state index contributed by atoms with van der Waals surface area (Å²) in [5.41, 5.74) is 0.00659. The van der Waals surface area contributed by atoms with Crippen molar-refractivity contribution < 1.29 is 8.78 Å². The molecule has 0 aliphatic heterocycles. The summed E-state index contributed by atoms with van der Waals surface area (Å²) in [5, 5.41) is -0.233. The topological polar surface area (TPSA) is 34.9 Å². The largest absolute Gasteiger partial charge is 0.289 e. The van der Waals surface area contributed by atoms with E-state index in [-0.39, 0.29) is 5.82 Å². The molecule has 6 heteroatoms. The molecule has 0 N–H and O–H groups in total. The van der Waals surface area contributed by atoms with Gasteiger partial charge in [-0.1, -0.05) is 19.1 Å². The first-order valence-electron chi connectivity index (χ1n) is 5.96. The summed E-state index contributed by atoms with van der Waals surface area (Å²) >= 11 is 6.08. The van der Waals surface area contributed by atoms with E-state index in [1.165, 1.54) is 0 Å². The Morgan fingerprint density at radius 2 is 2.05 bits per heavy atom. The number of rotatable bonds is 4. The summed E-state index contributed by atoms with van der Waals surface area (Å²) in [6.45, 7) is 1.13. The second-order valence-electron chi connectivity index (χ2n) is 4.17. The van der Waals surface area contributed by atoms with Crippen LogP contribution in [0.3, 0.4) is 0 Å². The molecule has 0 aliphatic carbocycles. The van der Waals surface area contributed by atoms with Crippen LogP contribution in [0.2, 0.25) is 0 Å². The fourth-order valence-electron chi connectivity index (χ4n) is 1.92. The minimum absolute atomic E-state index is 0.202. The van der Waals surface area contributed by atoms with Gasteiger partial charge in [-0.2, -0.15) is 0 Å². The van der Waals surface area contributed by atoms with E-state index in [1.807, 2.05) is 6.92 Å². The fourth-order valence-corrected chi connectivity index (χ4v) is 2.09. The smallest absolute Gasteiger partial charge is 0.261 e. The molecule has 0 saturated carbocycles. The number of aromatic nitrogens is 2. The van der Waals surface area contributed by atoms with Gasteiger partial charge in [0.15, 0.2) is 0 Å². The highest BCUT2D eigenvalue weighted by molar-refractivity contribution is 6.20. The Morgan fingerprint density at radius 1 is 1.37 bits per heavy atom. The lowest BCUT2D eigenvalue weighted by atomic mass is 10.2. The Kier molecular flexibility index (Phi) is 4.14. The van der Waals surface area contributed by atoms with Gasteiger partial charge in [0.1, 0.15) is 5.82 Å². The van der Waals surface area contributed by atoms with Crippen LogP contribution in [0.1, 0.15) is 24.5 Å². The molecule has 0 radical (unpaired) electrons. The van der Waals surface area contributed by atoms with Gasteiger partial charge in [0.2, 0.25) is 0 Å². The average Bonchev–Trinajstić information content (AvgIpc) is 2.40. The van der Waals surface area contributed by atoms with Crippen molar-refractivity contribution in [3.8, 4) is 0 Å². The van der Waals surface area contributed by atoms with Crippen molar-refractivity contribution in [3.05, 3.63) is 40.4 Å². The first-order chi connectivity index (χ1) is 9.04. The second-order valence-corrected chi connectivity index (χ2v) is 4.70. The van der Waals surface area contributed by atoms with Gasteiger partial charge < -0.3 is 0 Å². The third-order valence-electron chi connectivity index (χ3n) is 2.85. The monoisotopic (exact) mass is 286 g/mol. The third kappa shape index (κ3) is 2.76. The van der Waals surface area contributed by atoms with E-state index in [2.05, 4.69) is 4.98 Å². The molecule has 2 rings (SSSR count). The molecule has 102 valence electrons. The fraction of sp³-hybridized carbons (Fsp3) is 0.385. The number of hydrogen-bond acceptors (Lipinski definition) is 2. The molecule has 1 aromatic heterocycles. The van der Waals surface area contributed by atoms with Gasteiger partial charge >= 0.3 is 0 Å². The summed E-state index contributed by atoms with van der Waals surface area (Å²) < 4.78 is 26.2. The highest BCUT2D eigenvalue weighted by Gasteiger charge is 2.19. The molecule has 1 aromatic carbocycles. The Hall–Kier alpha value is -1.49. The van der Waals surface area contributed by atoms with E-state index < -0.39 is 23.9 Å². The maximum absolute atomic E-state index is 12.6. The molecule has 1 heterocycles. The summed E-state index contributed by atoms with van der Waals surface area (Å²) in [4.78, 5) is 16.5. The van der Waals surface area contributed by atoms with Gasteiger partial charge in [0.05, 0.1) is 22.8 Å². The third-order valence-corrected chi connectivity index (χ3v) is 3.35. The molecule has 0 bridgehead atoms. The van der Waals surface area contributed by atoms with Crippen LogP contribution in [0.4, 0.5) is 8.78 Å². The minimum atomic E-state index is -2.62. The van der Waals surface area contributed by atoms with Crippen LogP contribution in [0.25, 0.3) is 10.9 Å². The standard InChI is InChI=1S/C13H13ClF2N2O/c1-2-9(14)12-17-10-6-4-3-5-8(10)13(19)18(12)7-11(15)16/h3-6,9,11H,2,7H2,1H3. The van der Waals surface area contributed by atoms with Crippen molar-refractivity contribution in [3.63, 3.8) is 0 Å². The van der Waals surface area contributed by atoms with Gasteiger partial charge in [-0.3, -0.25) is 9.36 Å². The van der Waals surface area contributed by atoms with Crippen molar-refractivity contribution in [2.45, 2.75) is 31.7 Å². The number of benzene rings is 1. The van der Waals surface area contributed by atoms with E-state index in [4.69, 9.17) is 11.6 Å². The number of fused-ring (bicyclic) bond motifs is 1. The lowest BCUT2D eigenvalue weighted by Crippen LogP contribution is -2.28. The minimum Gasteiger partial charge on any atom is -0.289 e. The SMILES string of the molecule is CCC(Cl)c1nc2ccccc2c(=O)n1CC(F)F. The zero-order chi connectivity index (χ0) is 14.0. The van der Waals surface area contributed by atoms with Crippen LogP contribution in [-0.4, -0.2) is 16.0 Å². The molecular formula is C13H13ClF2N2O. The molecule has 3 nitrogen and oxygen atoms in total. The first-order valence-corrected chi connectivity index (χ1v) is 6.40. The van der Waals surface area contributed by atoms with Crippen LogP contribution in [0.15, 0.2) is 29.1 Å². The molecule has 1 atom stereocenters. The number of nitrogens with zero attached hydrogens (tertiary/aromatic N) is 2. The predicted octanol–water partition coefficient (Wildman–Crippen LogP) is 3.35. The summed E-state index contributed by atoms with van der Waals surface area (Å²) in [6.07, 6.45) is -2.12. The van der Waals surface area contributed by atoms with Crippen LogP contribution >= 0.6 is 11.6 Å². The normalized spacial score (nSPS) is 13.1. The molecular weight excluding hydrogens is 274 g/mol. The van der Waals surface area contributed by atoms with Crippen molar-refractivity contribution >= 4 is 22.5 Å². The molecule has 0 spiro atoms. The van der Waals surface area contributed by atoms with Crippen LogP contribution in [0.5, 0.6) is 0 Å². The number of halogens is 3. The van der Waals surface area contributed by atoms with Crippen molar-refractivity contribution in [1.82, 2.24) is 9.55 Å². The molecule has 0 aliphatic rings. The van der Waals surface area contributed by atoms with Gasteiger partial charge in [0, 0.05) is 0 Å². The molecule has 19 heavy (non-hydrogen) atoms. The highest BCUT2D eigenvalue weighted by Crippen LogP contribution is 2.23. The molecule has 0 fully saturated rings. The average molecular weight is 287 g/mol. The second kappa shape index (κ2) is 5.65. The summed E-state index contributed by atoms with van der Waals surface area (Å²) in [6, 6.07) is 6.67. The zero-order valence-corrected chi connectivity index (χ0v) is 11.1. The van der Waals surface area contributed by atoms with E-state index >= 15 is 0 Å². The maximum Gasteiger partial charge on any atom is 0.261 e. The Labute approximate surface area is 113 Å². The van der Waals surface area contributed by atoms with Gasteiger partial charge in [0.25, 0.3) is 12.0 Å². The summed E-state index contributed by atoms with van der Waals surface area (Å²) in [7, 11) is 0. The van der Waals surface area contributed by atoms with Crippen LogP contribution in [-0.2, 0) is 6.54 Å². The van der Waals surface area contributed by atoms with Gasteiger partial charge in [-0.25, -0.2) is 13.8 Å². The lowest BCUT2D eigenvalue weighted by molar-refractivity contribution is 0.123. The van der Waals surface area contributed by atoms with Crippen molar-refractivity contribution in [2.75, 3.05) is 0 Å². The highest BCUT2D eigenvalue weighted by atomic mass is 35.5. The quantitative estimate of drug-likeness (QED) is 0.808. The molecule has 0 amide bonds. The van der Waals surface area contributed by atoms with Crippen molar-refractivity contribution in [2.24, 2.45) is 0 Å². The van der Waals surface area contributed by atoms with E-state index in [0.29, 0.717) is 17.3 Å². The Balaban J connectivity index is 2.73. The van der Waals surface area contributed by atoms with Crippen LogP contribution in [0, 0.1) is 0 Å². The first kappa shape index (κ1) is 13.9. The Bertz CT molecular complexity index is 642. The lowest BCUT2D eigenvalue weighted by Gasteiger charge is -2.15. The number of para-hydroxylation sites is 1. The summed E-state index contributed by atoms with van der Waals surface area (Å²) in [5.74, 6) is 0.202. The molecule has 1 unspecified atom stereocenters. The number of hydrogen-bond donors (Lipinski definition) is 0.